The van der Waals surface area contributed by atoms with Gasteiger partial charge in [-0.05, 0) is 18.1 Å². The van der Waals surface area contributed by atoms with Crippen LogP contribution in [-0.4, -0.2) is 55.7 Å². The second kappa shape index (κ2) is 12.4. The lowest BCUT2D eigenvalue weighted by Gasteiger charge is -2.26. The molecule has 0 saturated carbocycles. The minimum atomic E-state index is 0. The molecule has 1 aliphatic heterocycles. The third kappa shape index (κ3) is 7.65. The van der Waals surface area contributed by atoms with Gasteiger partial charge in [0.1, 0.15) is 0 Å². The first-order chi connectivity index (χ1) is 13.2. The smallest absolute Gasteiger partial charge is 0.191 e. The minimum Gasteiger partial charge on any atom is -0.379 e. The molecule has 1 aromatic carbocycles. The standard InChI is InChI=1S/C20H29N5OS.HI/c1-16-24-19(15-27-16)7-8-22-20(21-2)23-13-17-3-5-18(6-4-17)14-25-9-11-26-12-10-25;/h3-6,15H,7-14H2,1-2H3,(H2,21,22,23);1H. The van der Waals surface area contributed by atoms with Crippen molar-refractivity contribution in [2.45, 2.75) is 26.4 Å². The van der Waals surface area contributed by atoms with Gasteiger partial charge in [0.25, 0.3) is 0 Å². The van der Waals surface area contributed by atoms with Gasteiger partial charge in [-0.1, -0.05) is 24.3 Å². The zero-order chi connectivity index (χ0) is 18.9. The van der Waals surface area contributed by atoms with Crippen molar-refractivity contribution < 1.29 is 4.74 Å². The molecule has 1 saturated heterocycles. The number of hydrogen-bond acceptors (Lipinski definition) is 5. The van der Waals surface area contributed by atoms with E-state index in [0.29, 0.717) is 0 Å². The topological polar surface area (TPSA) is 61.8 Å². The molecule has 0 unspecified atom stereocenters. The Morgan fingerprint density at radius 3 is 2.54 bits per heavy atom. The van der Waals surface area contributed by atoms with Crippen molar-refractivity contribution in [1.82, 2.24) is 20.5 Å². The van der Waals surface area contributed by atoms with Gasteiger partial charge in [-0.3, -0.25) is 9.89 Å². The van der Waals surface area contributed by atoms with Crippen LogP contribution in [0.25, 0.3) is 0 Å². The Hall–Kier alpha value is -1.23. The van der Waals surface area contributed by atoms with E-state index in [9.17, 15) is 0 Å². The van der Waals surface area contributed by atoms with Gasteiger partial charge < -0.3 is 15.4 Å². The molecule has 1 fully saturated rings. The zero-order valence-electron chi connectivity index (χ0n) is 16.6. The summed E-state index contributed by atoms with van der Waals surface area (Å²) in [5.41, 5.74) is 3.73. The van der Waals surface area contributed by atoms with Gasteiger partial charge in [0.2, 0.25) is 0 Å². The Morgan fingerprint density at radius 2 is 1.89 bits per heavy atom. The summed E-state index contributed by atoms with van der Waals surface area (Å²) >= 11 is 1.69. The van der Waals surface area contributed by atoms with Crippen LogP contribution in [0, 0.1) is 6.92 Å². The third-order valence-corrected chi connectivity index (χ3v) is 5.38. The molecule has 0 bridgehead atoms. The average molecular weight is 515 g/mol. The van der Waals surface area contributed by atoms with E-state index in [1.165, 1.54) is 11.1 Å². The molecule has 0 atom stereocenters. The number of hydrogen-bond donors (Lipinski definition) is 2. The largest absolute Gasteiger partial charge is 0.379 e. The Bertz CT molecular complexity index is 728. The summed E-state index contributed by atoms with van der Waals surface area (Å²) in [5.74, 6) is 0.819. The van der Waals surface area contributed by atoms with E-state index in [2.05, 4.69) is 55.2 Å². The number of halogens is 1. The molecular weight excluding hydrogens is 485 g/mol. The van der Waals surface area contributed by atoms with Crippen molar-refractivity contribution in [1.29, 1.82) is 0 Å². The van der Waals surface area contributed by atoms with Crippen LogP contribution in [0.5, 0.6) is 0 Å². The first-order valence-electron chi connectivity index (χ1n) is 9.46. The lowest BCUT2D eigenvalue weighted by molar-refractivity contribution is 0.0342. The number of aromatic nitrogens is 1. The number of ether oxygens (including phenoxy) is 1. The monoisotopic (exact) mass is 515 g/mol. The molecule has 154 valence electrons. The van der Waals surface area contributed by atoms with Crippen LogP contribution in [-0.2, 0) is 24.2 Å². The number of benzene rings is 1. The number of morpholine rings is 1. The average Bonchev–Trinajstić information content (AvgIpc) is 3.11. The van der Waals surface area contributed by atoms with Crippen LogP contribution >= 0.6 is 35.3 Å². The van der Waals surface area contributed by atoms with Gasteiger partial charge in [0, 0.05) is 51.6 Å². The molecule has 1 aromatic heterocycles. The number of nitrogens with one attached hydrogen (secondary N) is 2. The summed E-state index contributed by atoms with van der Waals surface area (Å²) in [4.78, 5) is 11.2. The first-order valence-corrected chi connectivity index (χ1v) is 10.3. The minimum absolute atomic E-state index is 0. The molecule has 28 heavy (non-hydrogen) atoms. The fourth-order valence-corrected chi connectivity index (χ4v) is 3.67. The predicted octanol–water partition coefficient (Wildman–Crippen LogP) is 2.81. The lowest BCUT2D eigenvalue weighted by Crippen LogP contribution is -2.37. The molecule has 1 aliphatic rings. The fraction of sp³-hybridized carbons (Fsp3) is 0.500. The second-order valence-electron chi connectivity index (χ2n) is 6.67. The first kappa shape index (κ1) is 23.1. The number of aliphatic imine (C=N–C) groups is 1. The van der Waals surface area contributed by atoms with E-state index < -0.39 is 0 Å². The van der Waals surface area contributed by atoms with Crippen LogP contribution in [0.3, 0.4) is 0 Å². The van der Waals surface area contributed by atoms with E-state index in [1.54, 1.807) is 18.4 Å². The van der Waals surface area contributed by atoms with Crippen molar-refractivity contribution in [2.24, 2.45) is 4.99 Å². The van der Waals surface area contributed by atoms with Crippen LogP contribution < -0.4 is 10.6 Å². The fourth-order valence-electron chi connectivity index (χ4n) is 3.02. The van der Waals surface area contributed by atoms with Crippen molar-refractivity contribution in [3.05, 3.63) is 51.5 Å². The molecule has 0 amide bonds. The van der Waals surface area contributed by atoms with Gasteiger partial charge >= 0.3 is 0 Å². The quantitative estimate of drug-likeness (QED) is 0.338. The summed E-state index contributed by atoms with van der Waals surface area (Å²) < 4.78 is 5.41. The molecule has 3 rings (SSSR count). The molecule has 8 heteroatoms. The Kier molecular flexibility index (Phi) is 10.2. The Labute approximate surface area is 188 Å². The molecule has 0 spiro atoms. The van der Waals surface area contributed by atoms with Gasteiger partial charge in [-0.25, -0.2) is 4.98 Å². The molecular formula is C20H30IN5OS. The Morgan fingerprint density at radius 1 is 1.18 bits per heavy atom. The van der Waals surface area contributed by atoms with Crippen LogP contribution in [0.4, 0.5) is 0 Å². The summed E-state index contributed by atoms with van der Waals surface area (Å²) in [6, 6.07) is 8.81. The van der Waals surface area contributed by atoms with Crippen molar-refractivity contribution in [3.8, 4) is 0 Å². The SMILES string of the molecule is CN=C(NCCc1csc(C)n1)NCc1ccc(CN2CCOCC2)cc1.I. The number of guanidine groups is 1. The summed E-state index contributed by atoms with van der Waals surface area (Å²) in [6.45, 7) is 8.34. The summed E-state index contributed by atoms with van der Waals surface area (Å²) in [6.07, 6.45) is 0.904. The van der Waals surface area contributed by atoms with Gasteiger partial charge in [-0.2, -0.15) is 0 Å². The molecule has 2 aromatic rings. The van der Waals surface area contributed by atoms with Crippen molar-refractivity contribution in [2.75, 3.05) is 39.9 Å². The molecule has 2 N–H and O–H groups in total. The highest BCUT2D eigenvalue weighted by atomic mass is 127. The highest BCUT2D eigenvalue weighted by molar-refractivity contribution is 14.0. The molecule has 6 nitrogen and oxygen atoms in total. The van der Waals surface area contributed by atoms with Gasteiger partial charge in [0.05, 0.1) is 23.9 Å². The highest BCUT2D eigenvalue weighted by Crippen LogP contribution is 2.09. The van der Waals surface area contributed by atoms with Gasteiger partial charge in [0.15, 0.2) is 5.96 Å². The maximum atomic E-state index is 5.41. The van der Waals surface area contributed by atoms with E-state index in [4.69, 9.17) is 4.74 Å². The number of aryl methyl sites for hydroxylation is 1. The molecule has 2 heterocycles. The molecule has 0 radical (unpaired) electrons. The number of rotatable bonds is 7. The van der Waals surface area contributed by atoms with E-state index in [0.717, 1.165) is 69.0 Å². The third-order valence-electron chi connectivity index (χ3n) is 4.56. The van der Waals surface area contributed by atoms with Crippen LogP contribution in [0.15, 0.2) is 34.6 Å². The maximum Gasteiger partial charge on any atom is 0.191 e. The van der Waals surface area contributed by atoms with Crippen LogP contribution in [0.1, 0.15) is 21.8 Å². The van der Waals surface area contributed by atoms with Crippen LogP contribution in [0.2, 0.25) is 0 Å². The summed E-state index contributed by atoms with van der Waals surface area (Å²) in [7, 11) is 1.80. The highest BCUT2D eigenvalue weighted by Gasteiger charge is 2.10. The lowest BCUT2D eigenvalue weighted by atomic mass is 10.1. The summed E-state index contributed by atoms with van der Waals surface area (Å²) in [5, 5.41) is 9.95. The van der Waals surface area contributed by atoms with Gasteiger partial charge in [-0.15, -0.1) is 35.3 Å². The maximum absolute atomic E-state index is 5.41. The van der Waals surface area contributed by atoms with E-state index in [-0.39, 0.29) is 24.0 Å². The zero-order valence-corrected chi connectivity index (χ0v) is 19.8. The molecule has 0 aliphatic carbocycles. The van der Waals surface area contributed by atoms with Crippen molar-refractivity contribution in [3.63, 3.8) is 0 Å². The number of thiazole rings is 1. The predicted molar refractivity (Wildman–Crippen MR) is 127 cm³/mol. The van der Waals surface area contributed by atoms with E-state index >= 15 is 0 Å². The van der Waals surface area contributed by atoms with Crippen molar-refractivity contribution >= 4 is 41.3 Å². The van der Waals surface area contributed by atoms with E-state index in [1.807, 2.05) is 6.92 Å². The number of nitrogens with zero attached hydrogens (tertiary/aromatic N) is 3. The normalized spacial score (nSPS) is 15.1. The second-order valence-corrected chi connectivity index (χ2v) is 7.73. The Balaban J connectivity index is 0.00000280.